The maximum absolute atomic E-state index is 12.2. The lowest BCUT2D eigenvalue weighted by Gasteiger charge is -2.40. The van der Waals surface area contributed by atoms with Crippen molar-refractivity contribution in [3.05, 3.63) is 0 Å². The Labute approximate surface area is 111 Å². The Hall–Kier alpha value is -1.63. The van der Waals surface area contributed by atoms with E-state index in [2.05, 4.69) is 10.6 Å². The molecule has 2 fully saturated rings. The maximum Gasteiger partial charge on any atom is 0.248 e. The van der Waals surface area contributed by atoms with E-state index < -0.39 is 11.6 Å². The zero-order valence-corrected chi connectivity index (χ0v) is 11.4. The van der Waals surface area contributed by atoms with Crippen LogP contribution in [-0.4, -0.2) is 60.5 Å². The Morgan fingerprint density at radius 3 is 2.84 bits per heavy atom. The average molecular weight is 269 g/mol. The highest BCUT2D eigenvalue weighted by Gasteiger charge is 2.51. The molecule has 7 heteroatoms. The number of nitrogens with one attached hydrogen (secondary N) is 2. The highest BCUT2D eigenvalue weighted by atomic mass is 16.5. The van der Waals surface area contributed by atoms with E-state index in [0.717, 1.165) is 0 Å². The molecule has 2 heterocycles. The largest absolute Gasteiger partial charge is 0.375 e. The molecule has 2 atom stereocenters. The van der Waals surface area contributed by atoms with Crippen LogP contribution in [0.5, 0.6) is 0 Å². The quantitative estimate of drug-likeness (QED) is 0.661. The van der Waals surface area contributed by atoms with Gasteiger partial charge in [0, 0.05) is 13.7 Å². The van der Waals surface area contributed by atoms with Gasteiger partial charge in [-0.15, -0.1) is 0 Å². The van der Waals surface area contributed by atoms with Crippen LogP contribution in [0.15, 0.2) is 0 Å². The number of carbonyl (C=O) groups is 3. The minimum Gasteiger partial charge on any atom is -0.375 e. The van der Waals surface area contributed by atoms with Crippen LogP contribution in [0, 0.1) is 0 Å². The molecule has 7 nitrogen and oxygen atoms in total. The normalized spacial score (nSPS) is 28.9. The van der Waals surface area contributed by atoms with Crippen LogP contribution in [0.1, 0.15) is 20.3 Å². The topological polar surface area (TPSA) is 87.7 Å². The fourth-order valence-electron chi connectivity index (χ4n) is 2.67. The van der Waals surface area contributed by atoms with Crippen molar-refractivity contribution in [3.63, 3.8) is 0 Å². The van der Waals surface area contributed by atoms with Crippen molar-refractivity contribution in [1.82, 2.24) is 15.5 Å². The summed E-state index contributed by atoms with van der Waals surface area (Å²) in [6.45, 7) is 3.79. The van der Waals surface area contributed by atoms with Gasteiger partial charge >= 0.3 is 0 Å². The number of rotatable bonds is 3. The van der Waals surface area contributed by atoms with Crippen molar-refractivity contribution in [2.45, 2.75) is 37.9 Å². The van der Waals surface area contributed by atoms with Crippen molar-refractivity contribution in [3.8, 4) is 0 Å². The second-order valence-corrected chi connectivity index (χ2v) is 5.45. The van der Waals surface area contributed by atoms with Gasteiger partial charge in [-0.3, -0.25) is 14.4 Å². The molecular formula is C12H19N3O4. The molecule has 0 aromatic carbocycles. The van der Waals surface area contributed by atoms with Gasteiger partial charge in [-0.05, 0) is 20.3 Å². The van der Waals surface area contributed by atoms with E-state index in [4.69, 9.17) is 4.74 Å². The summed E-state index contributed by atoms with van der Waals surface area (Å²) in [6.07, 6.45) is 0.579. The van der Waals surface area contributed by atoms with Crippen molar-refractivity contribution >= 4 is 17.7 Å². The Morgan fingerprint density at radius 1 is 1.53 bits per heavy atom. The first-order valence-corrected chi connectivity index (χ1v) is 6.28. The first-order valence-electron chi connectivity index (χ1n) is 6.28. The van der Waals surface area contributed by atoms with Crippen molar-refractivity contribution in [1.29, 1.82) is 0 Å². The third-order valence-electron chi connectivity index (χ3n) is 3.52. The summed E-state index contributed by atoms with van der Waals surface area (Å²) in [7, 11) is 1.43. The molecule has 2 unspecified atom stereocenters. The average Bonchev–Trinajstić information content (AvgIpc) is 2.70. The fourth-order valence-corrected chi connectivity index (χ4v) is 2.67. The van der Waals surface area contributed by atoms with Crippen molar-refractivity contribution in [2.75, 3.05) is 20.3 Å². The minimum atomic E-state index is -0.876. The van der Waals surface area contributed by atoms with Crippen LogP contribution in [0.2, 0.25) is 0 Å². The van der Waals surface area contributed by atoms with Crippen LogP contribution >= 0.6 is 0 Å². The first kappa shape index (κ1) is 13.8. The first-order chi connectivity index (χ1) is 8.86. The molecule has 3 amide bonds. The molecule has 0 bridgehead atoms. The summed E-state index contributed by atoms with van der Waals surface area (Å²) in [5.41, 5.74) is -0.876. The number of carbonyl (C=O) groups excluding carboxylic acids is 3. The predicted molar refractivity (Wildman–Crippen MR) is 66.1 cm³/mol. The third kappa shape index (κ3) is 2.42. The molecule has 0 radical (unpaired) electrons. The Bertz CT molecular complexity index is 421. The van der Waals surface area contributed by atoms with Gasteiger partial charge in [0.15, 0.2) is 0 Å². The second-order valence-electron chi connectivity index (χ2n) is 5.45. The van der Waals surface area contributed by atoms with Gasteiger partial charge in [0.2, 0.25) is 17.7 Å². The van der Waals surface area contributed by atoms with Crippen molar-refractivity contribution in [2.24, 2.45) is 0 Å². The third-order valence-corrected chi connectivity index (χ3v) is 3.52. The fraction of sp³-hybridized carbons (Fsp3) is 0.750. The van der Waals surface area contributed by atoms with E-state index in [9.17, 15) is 14.4 Å². The van der Waals surface area contributed by atoms with E-state index in [-0.39, 0.29) is 30.4 Å². The smallest absolute Gasteiger partial charge is 0.248 e. The zero-order valence-electron chi connectivity index (χ0n) is 11.4. The summed E-state index contributed by atoms with van der Waals surface area (Å²) in [6, 6.07) is -0.955. The molecule has 106 valence electrons. The number of nitrogens with zero attached hydrogens (tertiary/aromatic N) is 1. The standard InChI is InChI=1S/C12H19N3O4/c1-12(2)11(18)15-5-4-7(9(15)10(17)14-12)13-8(16)6-19-3/h7,9H,4-6H2,1-3H3,(H,13,16)(H,14,17). The second kappa shape index (κ2) is 4.80. The number of fused-ring (bicyclic) bond motifs is 1. The molecule has 0 saturated carbocycles. The van der Waals surface area contributed by atoms with Gasteiger partial charge in [0.25, 0.3) is 0 Å². The van der Waals surface area contributed by atoms with Crippen molar-refractivity contribution < 1.29 is 19.1 Å². The summed E-state index contributed by atoms with van der Waals surface area (Å²) in [5, 5.41) is 5.44. The Kier molecular flexibility index (Phi) is 3.49. The van der Waals surface area contributed by atoms with E-state index in [1.807, 2.05) is 0 Å². The zero-order chi connectivity index (χ0) is 14.2. The monoisotopic (exact) mass is 269 g/mol. The lowest BCUT2D eigenvalue weighted by atomic mass is 9.96. The molecule has 2 saturated heterocycles. The van der Waals surface area contributed by atoms with Gasteiger partial charge in [-0.25, -0.2) is 0 Å². The lowest BCUT2D eigenvalue weighted by molar-refractivity contribution is -0.151. The number of hydrogen-bond acceptors (Lipinski definition) is 4. The summed E-state index contributed by atoms with van der Waals surface area (Å²) in [5.74, 6) is -0.607. The molecule has 19 heavy (non-hydrogen) atoms. The van der Waals surface area contributed by atoms with E-state index in [1.165, 1.54) is 7.11 Å². The molecule has 2 N–H and O–H groups in total. The molecule has 2 rings (SSSR count). The number of amides is 3. The van der Waals surface area contributed by atoms with Crippen LogP contribution < -0.4 is 10.6 Å². The van der Waals surface area contributed by atoms with Crippen LogP contribution in [-0.2, 0) is 19.1 Å². The molecule has 0 spiro atoms. The van der Waals surface area contributed by atoms with Gasteiger partial charge in [0.05, 0.1) is 6.04 Å². The van der Waals surface area contributed by atoms with Gasteiger partial charge in [-0.1, -0.05) is 0 Å². The van der Waals surface area contributed by atoms with Gasteiger partial charge < -0.3 is 20.3 Å². The molecular weight excluding hydrogens is 250 g/mol. The number of piperazine rings is 1. The van der Waals surface area contributed by atoms with E-state index in [0.29, 0.717) is 13.0 Å². The maximum atomic E-state index is 12.2. The highest BCUT2D eigenvalue weighted by molar-refractivity contribution is 6.00. The Balaban J connectivity index is 2.11. The van der Waals surface area contributed by atoms with Crippen LogP contribution in [0.3, 0.4) is 0 Å². The summed E-state index contributed by atoms with van der Waals surface area (Å²) < 4.78 is 4.74. The van der Waals surface area contributed by atoms with Gasteiger partial charge in [0.1, 0.15) is 18.2 Å². The number of hydrogen-bond donors (Lipinski definition) is 2. The summed E-state index contributed by atoms with van der Waals surface area (Å²) in [4.78, 5) is 37.4. The summed E-state index contributed by atoms with van der Waals surface area (Å²) >= 11 is 0. The van der Waals surface area contributed by atoms with E-state index in [1.54, 1.807) is 18.7 Å². The van der Waals surface area contributed by atoms with E-state index >= 15 is 0 Å². The molecule has 0 aliphatic carbocycles. The highest BCUT2D eigenvalue weighted by Crippen LogP contribution is 2.26. The molecule has 0 aromatic heterocycles. The number of methoxy groups -OCH3 is 1. The minimum absolute atomic E-state index is 0.0513. The van der Waals surface area contributed by atoms with Crippen LogP contribution in [0.25, 0.3) is 0 Å². The predicted octanol–water partition coefficient (Wildman–Crippen LogP) is -1.37. The SMILES string of the molecule is COCC(=O)NC1CCN2C(=O)C(C)(C)NC(=O)C12. The van der Waals surface area contributed by atoms with Gasteiger partial charge in [-0.2, -0.15) is 0 Å². The lowest BCUT2D eigenvalue weighted by Crippen LogP contribution is -2.69. The molecule has 2 aliphatic heterocycles. The number of ether oxygens (including phenoxy) is 1. The van der Waals surface area contributed by atoms with Crippen LogP contribution in [0.4, 0.5) is 0 Å². The Morgan fingerprint density at radius 2 is 2.21 bits per heavy atom. The molecule has 0 aromatic rings. The molecule has 2 aliphatic rings.